The third-order valence-electron chi connectivity index (χ3n) is 3.61. The normalized spacial score (nSPS) is 16.0. The molecule has 1 saturated carbocycles. The molecule has 5 heteroatoms. The van der Waals surface area contributed by atoms with Gasteiger partial charge in [0.25, 0.3) is 0 Å². The molecule has 1 N–H and O–H groups in total. The van der Waals surface area contributed by atoms with E-state index < -0.39 is 0 Å². The lowest BCUT2D eigenvalue weighted by Crippen LogP contribution is -2.37. The standard InChI is InChI=1S/C14H24N4O/c1-14(2,3)18-9-8-12(16-18)15-13(19)17(4)10-11-6-5-7-11/h8-9,11H,5-7,10H2,1-4H3,(H,15,16,19). The molecule has 1 aromatic heterocycles. The maximum absolute atomic E-state index is 12.0. The molecule has 106 valence electrons. The van der Waals surface area contributed by atoms with Crippen LogP contribution in [0.15, 0.2) is 12.3 Å². The van der Waals surface area contributed by atoms with E-state index in [-0.39, 0.29) is 11.6 Å². The second kappa shape index (κ2) is 5.23. The van der Waals surface area contributed by atoms with Crippen LogP contribution in [0.1, 0.15) is 40.0 Å². The van der Waals surface area contributed by atoms with Crippen LogP contribution in [0.25, 0.3) is 0 Å². The smallest absolute Gasteiger partial charge is 0.322 e. The molecule has 1 fully saturated rings. The fourth-order valence-electron chi connectivity index (χ4n) is 2.11. The third kappa shape index (κ3) is 3.49. The van der Waals surface area contributed by atoms with Crippen LogP contribution in [0.3, 0.4) is 0 Å². The monoisotopic (exact) mass is 264 g/mol. The summed E-state index contributed by atoms with van der Waals surface area (Å²) >= 11 is 0. The largest absolute Gasteiger partial charge is 0.327 e. The van der Waals surface area contributed by atoms with Gasteiger partial charge < -0.3 is 4.90 Å². The van der Waals surface area contributed by atoms with Gasteiger partial charge in [-0.15, -0.1) is 0 Å². The van der Waals surface area contributed by atoms with Crippen LogP contribution in [0.5, 0.6) is 0 Å². The van der Waals surface area contributed by atoms with Gasteiger partial charge >= 0.3 is 6.03 Å². The molecule has 19 heavy (non-hydrogen) atoms. The van der Waals surface area contributed by atoms with Gasteiger partial charge in [0, 0.05) is 25.9 Å². The highest BCUT2D eigenvalue weighted by Gasteiger charge is 2.22. The highest BCUT2D eigenvalue weighted by Crippen LogP contribution is 2.26. The number of amides is 2. The highest BCUT2D eigenvalue weighted by atomic mass is 16.2. The average Bonchev–Trinajstić information content (AvgIpc) is 2.71. The van der Waals surface area contributed by atoms with Crippen molar-refractivity contribution in [3.05, 3.63) is 12.3 Å². The van der Waals surface area contributed by atoms with Gasteiger partial charge in [0.15, 0.2) is 5.82 Å². The number of hydrogen-bond acceptors (Lipinski definition) is 2. The Labute approximate surface area is 115 Å². The maximum Gasteiger partial charge on any atom is 0.322 e. The molecule has 1 aliphatic rings. The molecule has 2 amide bonds. The number of nitrogens with one attached hydrogen (secondary N) is 1. The van der Waals surface area contributed by atoms with Gasteiger partial charge in [-0.05, 0) is 39.5 Å². The summed E-state index contributed by atoms with van der Waals surface area (Å²) in [4.78, 5) is 13.8. The molecule has 1 aliphatic carbocycles. The van der Waals surface area contributed by atoms with E-state index in [0.29, 0.717) is 11.7 Å². The lowest BCUT2D eigenvalue weighted by atomic mass is 9.85. The number of carbonyl (C=O) groups is 1. The zero-order chi connectivity index (χ0) is 14.0. The van der Waals surface area contributed by atoms with Crippen molar-refractivity contribution in [1.29, 1.82) is 0 Å². The van der Waals surface area contributed by atoms with Crippen molar-refractivity contribution in [3.8, 4) is 0 Å². The van der Waals surface area contributed by atoms with Gasteiger partial charge in [0.1, 0.15) is 0 Å². The minimum absolute atomic E-state index is 0.0686. The van der Waals surface area contributed by atoms with Crippen molar-refractivity contribution in [2.24, 2.45) is 5.92 Å². The van der Waals surface area contributed by atoms with Crippen LogP contribution in [0, 0.1) is 5.92 Å². The quantitative estimate of drug-likeness (QED) is 0.912. The van der Waals surface area contributed by atoms with Gasteiger partial charge in [-0.25, -0.2) is 4.79 Å². The molecule has 5 nitrogen and oxygen atoms in total. The van der Waals surface area contributed by atoms with Crippen LogP contribution in [0.4, 0.5) is 10.6 Å². The van der Waals surface area contributed by atoms with Gasteiger partial charge in [-0.3, -0.25) is 10.00 Å². The highest BCUT2D eigenvalue weighted by molar-refractivity contribution is 5.88. The Bertz CT molecular complexity index is 443. The predicted octanol–water partition coefficient (Wildman–Crippen LogP) is 2.90. The first-order valence-corrected chi connectivity index (χ1v) is 6.94. The van der Waals surface area contributed by atoms with Crippen LogP contribution in [-0.2, 0) is 5.54 Å². The number of urea groups is 1. The molecule has 2 rings (SSSR count). The van der Waals surface area contributed by atoms with E-state index in [2.05, 4.69) is 31.2 Å². The van der Waals surface area contributed by atoms with Crippen molar-refractivity contribution in [2.75, 3.05) is 18.9 Å². The second-order valence-electron chi connectivity index (χ2n) is 6.42. The molecule has 0 bridgehead atoms. The Balaban J connectivity index is 1.89. The van der Waals surface area contributed by atoms with Gasteiger partial charge in [-0.2, -0.15) is 5.10 Å². The van der Waals surface area contributed by atoms with Crippen molar-refractivity contribution in [2.45, 2.75) is 45.6 Å². The molecule has 0 radical (unpaired) electrons. The van der Waals surface area contributed by atoms with E-state index in [0.717, 1.165) is 6.54 Å². The summed E-state index contributed by atoms with van der Waals surface area (Å²) in [5.41, 5.74) is -0.0686. The SMILES string of the molecule is CN(CC1CCC1)C(=O)Nc1ccn(C(C)(C)C)n1. The average molecular weight is 264 g/mol. The van der Waals surface area contributed by atoms with Gasteiger partial charge in [0.2, 0.25) is 0 Å². The summed E-state index contributed by atoms with van der Waals surface area (Å²) in [5.74, 6) is 1.29. The molecule has 0 saturated heterocycles. The van der Waals surface area contributed by atoms with Crippen molar-refractivity contribution >= 4 is 11.8 Å². The topological polar surface area (TPSA) is 50.2 Å². The van der Waals surface area contributed by atoms with E-state index in [1.807, 2.05) is 24.0 Å². The molecular formula is C14H24N4O. The van der Waals surface area contributed by atoms with Crippen LogP contribution in [-0.4, -0.2) is 34.3 Å². The molecule has 0 atom stereocenters. The Hall–Kier alpha value is -1.52. The lowest BCUT2D eigenvalue weighted by Gasteiger charge is -2.29. The van der Waals surface area contributed by atoms with Crippen LogP contribution >= 0.6 is 0 Å². The third-order valence-corrected chi connectivity index (χ3v) is 3.61. The van der Waals surface area contributed by atoms with Crippen molar-refractivity contribution in [1.82, 2.24) is 14.7 Å². The minimum Gasteiger partial charge on any atom is -0.327 e. The molecule has 1 heterocycles. The lowest BCUT2D eigenvalue weighted by molar-refractivity contribution is 0.194. The van der Waals surface area contributed by atoms with Crippen molar-refractivity contribution in [3.63, 3.8) is 0 Å². The van der Waals surface area contributed by atoms with Crippen LogP contribution in [0.2, 0.25) is 0 Å². The summed E-state index contributed by atoms with van der Waals surface area (Å²) in [5, 5.41) is 7.22. The summed E-state index contributed by atoms with van der Waals surface area (Å²) in [7, 11) is 1.84. The van der Waals surface area contributed by atoms with Crippen LogP contribution < -0.4 is 5.32 Å². The number of hydrogen-bond donors (Lipinski definition) is 1. The first-order valence-electron chi connectivity index (χ1n) is 6.94. The molecule has 0 spiro atoms. The minimum atomic E-state index is -0.0777. The number of aromatic nitrogens is 2. The molecule has 0 aromatic carbocycles. The van der Waals surface area contributed by atoms with E-state index in [1.54, 1.807) is 4.90 Å². The van der Waals surface area contributed by atoms with E-state index in [1.165, 1.54) is 19.3 Å². The Morgan fingerprint density at radius 3 is 2.68 bits per heavy atom. The van der Waals surface area contributed by atoms with Crippen molar-refractivity contribution < 1.29 is 4.79 Å². The molecule has 0 aliphatic heterocycles. The summed E-state index contributed by atoms with van der Waals surface area (Å²) in [6.07, 6.45) is 5.68. The number of carbonyl (C=O) groups excluding carboxylic acids is 1. The molecule has 0 unspecified atom stereocenters. The maximum atomic E-state index is 12.0. The molecular weight excluding hydrogens is 240 g/mol. The fourth-order valence-corrected chi connectivity index (χ4v) is 2.11. The van der Waals surface area contributed by atoms with E-state index in [4.69, 9.17) is 0 Å². The number of anilines is 1. The second-order valence-corrected chi connectivity index (χ2v) is 6.42. The fraction of sp³-hybridized carbons (Fsp3) is 0.714. The van der Waals surface area contributed by atoms with Gasteiger partial charge in [0.05, 0.1) is 5.54 Å². The summed E-state index contributed by atoms with van der Waals surface area (Å²) in [6.45, 7) is 7.07. The zero-order valence-corrected chi connectivity index (χ0v) is 12.3. The Morgan fingerprint density at radius 2 is 2.21 bits per heavy atom. The number of nitrogens with zero attached hydrogens (tertiary/aromatic N) is 3. The predicted molar refractivity (Wildman–Crippen MR) is 76.2 cm³/mol. The van der Waals surface area contributed by atoms with Gasteiger partial charge in [-0.1, -0.05) is 6.42 Å². The number of rotatable bonds is 3. The Morgan fingerprint density at radius 1 is 1.53 bits per heavy atom. The first-order chi connectivity index (χ1) is 8.86. The summed E-state index contributed by atoms with van der Waals surface area (Å²) in [6, 6.07) is 1.76. The van der Waals surface area contributed by atoms with E-state index in [9.17, 15) is 4.79 Å². The zero-order valence-electron chi connectivity index (χ0n) is 12.3. The summed E-state index contributed by atoms with van der Waals surface area (Å²) < 4.78 is 1.86. The Kier molecular flexibility index (Phi) is 3.83. The molecule has 1 aromatic rings. The van der Waals surface area contributed by atoms with E-state index >= 15 is 0 Å². The first kappa shape index (κ1) is 13.9.